The maximum Gasteiger partial charge on any atom is 0.0967 e. The molecule has 0 radical (unpaired) electrons. The zero-order chi connectivity index (χ0) is 10.7. The highest BCUT2D eigenvalue weighted by atomic mass is 79.9. The van der Waals surface area contributed by atoms with E-state index in [1.807, 2.05) is 18.2 Å². The Labute approximate surface area is 103 Å². The van der Waals surface area contributed by atoms with Crippen LogP contribution < -0.4 is 5.73 Å². The molecule has 0 heterocycles. The predicted octanol–water partition coefficient (Wildman–Crippen LogP) is 3.51. The minimum absolute atomic E-state index is 0.721. The Balaban J connectivity index is 1.76. The van der Waals surface area contributed by atoms with E-state index in [0.29, 0.717) is 0 Å². The normalized spacial score (nSPS) is 15.5. The summed E-state index contributed by atoms with van der Waals surface area (Å²) in [5.74, 6) is 1.56. The molecule has 82 valence electrons. The van der Waals surface area contributed by atoms with Gasteiger partial charge in [0.1, 0.15) is 0 Å². The van der Waals surface area contributed by atoms with Gasteiger partial charge in [-0.25, -0.2) is 0 Å². The molecule has 1 saturated carbocycles. The standard InChI is InChI=1S/C11H14BrNOS/c12-10-5-9(13)3-4-11(10)15-7-14-6-8-1-2-8/h3-5,8H,1-2,6-7,13H2. The molecule has 1 aromatic carbocycles. The van der Waals surface area contributed by atoms with Gasteiger partial charge in [-0.1, -0.05) is 11.8 Å². The summed E-state index contributed by atoms with van der Waals surface area (Å²) in [6.07, 6.45) is 2.69. The van der Waals surface area contributed by atoms with Gasteiger partial charge in [0.25, 0.3) is 0 Å². The van der Waals surface area contributed by atoms with Gasteiger partial charge in [-0.05, 0) is 52.9 Å². The summed E-state index contributed by atoms with van der Waals surface area (Å²) >= 11 is 5.18. The number of hydrogen-bond donors (Lipinski definition) is 1. The van der Waals surface area contributed by atoms with Gasteiger partial charge in [-0.15, -0.1) is 0 Å². The van der Waals surface area contributed by atoms with Gasteiger partial charge >= 0.3 is 0 Å². The highest BCUT2D eigenvalue weighted by molar-refractivity contribution is 9.10. The Bertz CT molecular complexity index is 341. The Morgan fingerprint density at radius 2 is 2.27 bits per heavy atom. The zero-order valence-electron chi connectivity index (χ0n) is 8.41. The van der Waals surface area contributed by atoms with Gasteiger partial charge < -0.3 is 10.5 Å². The summed E-state index contributed by atoms with van der Waals surface area (Å²) in [5, 5.41) is 0. The molecule has 1 fully saturated rings. The van der Waals surface area contributed by atoms with Crippen molar-refractivity contribution < 1.29 is 4.74 Å². The van der Waals surface area contributed by atoms with Crippen LogP contribution in [-0.4, -0.2) is 12.5 Å². The fraction of sp³-hybridized carbons (Fsp3) is 0.455. The van der Waals surface area contributed by atoms with E-state index in [2.05, 4.69) is 15.9 Å². The van der Waals surface area contributed by atoms with Crippen molar-refractivity contribution in [2.24, 2.45) is 5.92 Å². The van der Waals surface area contributed by atoms with Gasteiger partial charge in [0.05, 0.1) is 12.5 Å². The van der Waals surface area contributed by atoms with Crippen LogP contribution in [0.5, 0.6) is 0 Å². The summed E-state index contributed by atoms with van der Waals surface area (Å²) in [6, 6.07) is 5.85. The van der Waals surface area contributed by atoms with Crippen molar-refractivity contribution in [1.29, 1.82) is 0 Å². The van der Waals surface area contributed by atoms with Gasteiger partial charge in [-0.2, -0.15) is 0 Å². The SMILES string of the molecule is Nc1ccc(SCOCC2CC2)c(Br)c1. The van der Waals surface area contributed by atoms with Crippen LogP contribution in [0, 0.1) is 5.92 Å². The maximum absolute atomic E-state index is 5.66. The summed E-state index contributed by atoms with van der Waals surface area (Å²) in [7, 11) is 0. The van der Waals surface area contributed by atoms with Crippen molar-refractivity contribution in [3.05, 3.63) is 22.7 Å². The van der Waals surface area contributed by atoms with E-state index < -0.39 is 0 Å². The van der Waals surface area contributed by atoms with Crippen molar-refractivity contribution in [1.82, 2.24) is 0 Å². The molecule has 0 amide bonds. The van der Waals surface area contributed by atoms with Gasteiger partial charge in [-0.3, -0.25) is 0 Å². The van der Waals surface area contributed by atoms with E-state index in [1.165, 1.54) is 17.7 Å². The van der Waals surface area contributed by atoms with Crippen LogP contribution in [0.4, 0.5) is 5.69 Å². The van der Waals surface area contributed by atoms with E-state index in [0.717, 1.165) is 28.6 Å². The van der Waals surface area contributed by atoms with Crippen LogP contribution in [0.1, 0.15) is 12.8 Å². The predicted molar refractivity (Wildman–Crippen MR) is 68.0 cm³/mol. The number of benzene rings is 1. The zero-order valence-corrected chi connectivity index (χ0v) is 10.8. The monoisotopic (exact) mass is 287 g/mol. The fourth-order valence-corrected chi connectivity index (χ4v) is 2.65. The number of nitrogens with two attached hydrogens (primary N) is 1. The smallest absolute Gasteiger partial charge is 0.0967 e. The lowest BCUT2D eigenvalue weighted by atomic mass is 10.3. The molecule has 1 aromatic rings. The van der Waals surface area contributed by atoms with Gasteiger partial charge in [0.15, 0.2) is 0 Å². The molecule has 0 atom stereocenters. The summed E-state index contributed by atoms with van der Waals surface area (Å²) in [6.45, 7) is 0.916. The average Bonchev–Trinajstić information content (AvgIpc) is 2.99. The summed E-state index contributed by atoms with van der Waals surface area (Å²) < 4.78 is 6.60. The van der Waals surface area contributed by atoms with Crippen molar-refractivity contribution in [3.8, 4) is 0 Å². The van der Waals surface area contributed by atoms with Gasteiger partial charge in [0.2, 0.25) is 0 Å². The second-order valence-corrected chi connectivity index (χ2v) is 5.58. The lowest BCUT2D eigenvalue weighted by molar-refractivity contribution is 0.171. The minimum Gasteiger partial charge on any atom is -0.399 e. The molecule has 0 aliphatic heterocycles. The molecule has 2 rings (SSSR count). The largest absolute Gasteiger partial charge is 0.399 e. The van der Waals surface area contributed by atoms with Crippen molar-refractivity contribution in [3.63, 3.8) is 0 Å². The quantitative estimate of drug-likeness (QED) is 0.390. The molecule has 4 heteroatoms. The Morgan fingerprint density at radius 1 is 1.47 bits per heavy atom. The summed E-state index contributed by atoms with van der Waals surface area (Å²) in [4.78, 5) is 1.18. The van der Waals surface area contributed by atoms with Crippen LogP contribution in [0.3, 0.4) is 0 Å². The Hall–Kier alpha value is -0.190. The molecule has 0 unspecified atom stereocenters. The first-order chi connectivity index (χ1) is 7.25. The maximum atomic E-state index is 5.66. The number of nitrogen functional groups attached to an aromatic ring is 1. The van der Waals surface area contributed by atoms with E-state index in [4.69, 9.17) is 10.5 Å². The molecule has 0 bridgehead atoms. The van der Waals surface area contributed by atoms with Crippen LogP contribution in [0.25, 0.3) is 0 Å². The van der Waals surface area contributed by atoms with Gasteiger partial charge in [0, 0.05) is 15.1 Å². The first-order valence-corrected chi connectivity index (χ1v) is 6.79. The first-order valence-electron chi connectivity index (χ1n) is 5.01. The second kappa shape index (κ2) is 5.23. The third-order valence-electron chi connectivity index (χ3n) is 2.30. The third-order valence-corrected chi connectivity index (χ3v) is 4.17. The van der Waals surface area contributed by atoms with E-state index in [1.54, 1.807) is 11.8 Å². The molecule has 2 nitrogen and oxygen atoms in total. The first kappa shape index (κ1) is 11.3. The summed E-state index contributed by atoms with van der Waals surface area (Å²) in [5.41, 5.74) is 6.44. The fourth-order valence-electron chi connectivity index (χ4n) is 1.24. The molecule has 0 spiro atoms. The molecule has 0 saturated heterocycles. The molecule has 2 N–H and O–H groups in total. The van der Waals surface area contributed by atoms with Crippen LogP contribution >= 0.6 is 27.7 Å². The van der Waals surface area contributed by atoms with Crippen molar-refractivity contribution in [2.45, 2.75) is 17.7 Å². The topological polar surface area (TPSA) is 35.2 Å². The van der Waals surface area contributed by atoms with Crippen LogP contribution in [-0.2, 0) is 4.74 Å². The van der Waals surface area contributed by atoms with Crippen LogP contribution in [0.2, 0.25) is 0 Å². The van der Waals surface area contributed by atoms with Crippen molar-refractivity contribution in [2.75, 3.05) is 18.3 Å². The molecule has 15 heavy (non-hydrogen) atoms. The number of halogens is 1. The molecule has 0 aromatic heterocycles. The minimum atomic E-state index is 0.721. The van der Waals surface area contributed by atoms with E-state index in [9.17, 15) is 0 Å². The van der Waals surface area contributed by atoms with Crippen molar-refractivity contribution >= 4 is 33.4 Å². The number of anilines is 1. The highest BCUT2D eigenvalue weighted by Crippen LogP contribution is 2.31. The Kier molecular flexibility index (Phi) is 3.94. The van der Waals surface area contributed by atoms with Crippen LogP contribution in [0.15, 0.2) is 27.6 Å². The van der Waals surface area contributed by atoms with E-state index >= 15 is 0 Å². The lowest BCUT2D eigenvalue weighted by Gasteiger charge is -2.05. The highest BCUT2D eigenvalue weighted by Gasteiger charge is 2.20. The molecular weight excluding hydrogens is 274 g/mol. The number of ether oxygens (including phenoxy) is 1. The average molecular weight is 288 g/mol. The third kappa shape index (κ3) is 3.70. The number of thioether (sulfide) groups is 1. The lowest BCUT2D eigenvalue weighted by Crippen LogP contribution is -1.95. The molecule has 1 aliphatic rings. The molecule has 1 aliphatic carbocycles. The van der Waals surface area contributed by atoms with E-state index in [-0.39, 0.29) is 0 Å². The Morgan fingerprint density at radius 3 is 2.93 bits per heavy atom. The second-order valence-electron chi connectivity index (χ2n) is 3.77. The number of hydrogen-bond acceptors (Lipinski definition) is 3. The molecular formula is C11H14BrNOS. The number of rotatable bonds is 5.